The molecule has 0 bridgehead atoms. The third-order valence-electron chi connectivity index (χ3n) is 7.13. The Balaban J connectivity index is 0.000000340. The van der Waals surface area contributed by atoms with Crippen LogP contribution in [-0.4, -0.2) is 80.7 Å². The van der Waals surface area contributed by atoms with Gasteiger partial charge in [0, 0.05) is 23.7 Å². The average molecular weight is 647 g/mol. The van der Waals surface area contributed by atoms with E-state index in [-0.39, 0.29) is 0 Å². The number of rotatable bonds is 14. The van der Waals surface area contributed by atoms with E-state index in [4.69, 9.17) is 47.2 Å². The van der Waals surface area contributed by atoms with Gasteiger partial charge in [0.15, 0.2) is 0 Å². The minimum Gasteiger partial charge on any atom is -0.492 e. The molecule has 0 aliphatic rings. The van der Waals surface area contributed by atoms with Gasteiger partial charge in [-0.1, -0.05) is 102 Å². The molecule has 0 saturated heterocycles. The summed E-state index contributed by atoms with van der Waals surface area (Å²) in [6.07, 6.45) is 18.8. The lowest BCUT2D eigenvalue weighted by molar-refractivity contribution is 0.274. The highest BCUT2D eigenvalue weighted by molar-refractivity contribution is 6.35. The Hall–Kier alpha value is -3.40. The van der Waals surface area contributed by atoms with E-state index in [1.165, 1.54) is 11.1 Å². The lowest BCUT2D eigenvalue weighted by atomic mass is 10.1. The number of hydrogen-bond donors (Lipinski definition) is 0. The third-order valence-corrected chi connectivity index (χ3v) is 7.66. The molecule has 0 aromatic heterocycles. The minimum absolute atomic E-state index is 0.494. The first kappa shape index (κ1) is 39.6. The van der Waals surface area contributed by atoms with Gasteiger partial charge in [0.25, 0.3) is 0 Å². The van der Waals surface area contributed by atoms with Crippen LogP contribution < -0.4 is 4.74 Å². The average Bonchev–Trinajstić information content (AvgIpc) is 3.02. The van der Waals surface area contributed by atoms with Gasteiger partial charge in [-0.3, -0.25) is 14.7 Å². The van der Waals surface area contributed by atoms with Crippen molar-refractivity contribution in [2.24, 2.45) is 0 Å². The van der Waals surface area contributed by atoms with Crippen molar-refractivity contribution < 1.29 is 4.74 Å². The second-order valence-electron chi connectivity index (χ2n) is 11.0. The second kappa shape index (κ2) is 23.9. The van der Waals surface area contributed by atoms with Crippen molar-refractivity contribution in [2.45, 2.75) is 45.2 Å². The van der Waals surface area contributed by atoms with Crippen molar-refractivity contribution >= 4 is 23.2 Å². The first-order chi connectivity index (χ1) is 21.6. The summed E-state index contributed by atoms with van der Waals surface area (Å²) < 4.78 is 5.55. The molecule has 1 unspecified atom stereocenters. The molecule has 0 aliphatic heterocycles. The van der Waals surface area contributed by atoms with Crippen molar-refractivity contribution in [1.82, 2.24) is 14.7 Å². The largest absolute Gasteiger partial charge is 0.492 e. The standard InChI is InChI=1S/C13H15Cl2NO.2C13H17N/c1-3-7-16(2)8-4-9-17-13-6-5-11(14)10-12(13)15;2*1-4-10-14(3)12(2)11-13-8-6-5-7-9-13/h1,5-6,10H,4,7-9H2,2H3;2*1,5-9,12H,10-11H2,2-3H3/t;12-;/m.1./s1. The number of hydrogen-bond acceptors (Lipinski definition) is 4. The maximum Gasteiger partial charge on any atom is 0.137 e. The summed E-state index contributed by atoms with van der Waals surface area (Å²) in [5.74, 6) is 8.57. The molecule has 3 rings (SSSR count). The molecular formula is C39H49Cl2N3O. The predicted molar refractivity (Wildman–Crippen MR) is 195 cm³/mol. The molecule has 2 atom stereocenters. The topological polar surface area (TPSA) is 19.0 Å². The van der Waals surface area contributed by atoms with Crippen LogP contribution in [0.15, 0.2) is 78.9 Å². The summed E-state index contributed by atoms with van der Waals surface area (Å²) in [4.78, 5) is 6.44. The molecule has 0 radical (unpaired) electrons. The van der Waals surface area contributed by atoms with Crippen molar-refractivity contribution in [3.8, 4) is 42.8 Å². The highest BCUT2D eigenvalue weighted by atomic mass is 35.5. The van der Waals surface area contributed by atoms with Crippen LogP contribution in [0.5, 0.6) is 5.75 Å². The molecular weight excluding hydrogens is 597 g/mol. The molecule has 240 valence electrons. The number of halogens is 2. The molecule has 6 heteroatoms. The first-order valence-corrected chi connectivity index (χ1v) is 15.9. The summed E-state index contributed by atoms with van der Waals surface area (Å²) in [5, 5.41) is 1.14. The first-order valence-electron chi connectivity index (χ1n) is 15.2. The van der Waals surface area contributed by atoms with E-state index in [1.54, 1.807) is 18.2 Å². The fraction of sp³-hybridized carbons (Fsp3) is 0.385. The van der Waals surface area contributed by atoms with Gasteiger partial charge in [0.1, 0.15) is 5.75 Å². The van der Waals surface area contributed by atoms with E-state index in [0.29, 0.717) is 54.1 Å². The number of ether oxygens (including phenoxy) is 1. The Bertz CT molecular complexity index is 1260. The van der Waals surface area contributed by atoms with Gasteiger partial charge in [-0.2, -0.15) is 0 Å². The third kappa shape index (κ3) is 18.2. The molecule has 4 nitrogen and oxygen atoms in total. The fourth-order valence-corrected chi connectivity index (χ4v) is 4.63. The van der Waals surface area contributed by atoms with Crippen LogP contribution in [0.1, 0.15) is 31.4 Å². The zero-order valence-corrected chi connectivity index (χ0v) is 29.1. The van der Waals surface area contributed by atoms with Crippen LogP contribution in [0.3, 0.4) is 0 Å². The van der Waals surface area contributed by atoms with Crippen molar-refractivity contribution in [3.05, 3.63) is 100 Å². The van der Waals surface area contributed by atoms with E-state index >= 15 is 0 Å². The summed E-state index contributed by atoms with van der Waals surface area (Å²) >= 11 is 11.8. The van der Waals surface area contributed by atoms with Gasteiger partial charge in [-0.05, 0) is 83.6 Å². The SMILES string of the molecule is C#CCN(C)C(C)Cc1ccccc1.C#CCN(C)CCCOc1ccc(Cl)cc1Cl.C#CCN(C)[C@H](C)Cc1ccccc1. The van der Waals surface area contributed by atoms with Crippen LogP contribution in [0, 0.1) is 37.0 Å². The lowest BCUT2D eigenvalue weighted by Crippen LogP contribution is -2.31. The smallest absolute Gasteiger partial charge is 0.137 e. The van der Waals surface area contributed by atoms with E-state index < -0.39 is 0 Å². The Labute approximate surface area is 283 Å². The van der Waals surface area contributed by atoms with Gasteiger partial charge >= 0.3 is 0 Å². The molecule has 3 aromatic rings. The van der Waals surface area contributed by atoms with Crippen LogP contribution in [0.4, 0.5) is 0 Å². The molecule has 0 N–H and O–H groups in total. The van der Waals surface area contributed by atoms with Crippen LogP contribution in [-0.2, 0) is 12.8 Å². The summed E-state index contributed by atoms with van der Waals surface area (Å²) in [6.45, 7) is 7.99. The fourth-order valence-electron chi connectivity index (χ4n) is 4.17. The van der Waals surface area contributed by atoms with Gasteiger partial charge < -0.3 is 4.74 Å². The summed E-state index contributed by atoms with van der Waals surface area (Å²) in [7, 11) is 6.11. The van der Waals surface area contributed by atoms with Crippen LogP contribution >= 0.6 is 23.2 Å². The lowest BCUT2D eigenvalue weighted by Gasteiger charge is -2.22. The zero-order valence-electron chi connectivity index (χ0n) is 27.6. The molecule has 0 fully saturated rings. The monoisotopic (exact) mass is 645 g/mol. The van der Waals surface area contributed by atoms with Crippen LogP contribution in [0.25, 0.3) is 0 Å². The molecule has 3 aromatic carbocycles. The molecule has 45 heavy (non-hydrogen) atoms. The molecule has 0 heterocycles. The van der Waals surface area contributed by atoms with Gasteiger partial charge in [0.2, 0.25) is 0 Å². The number of nitrogens with zero attached hydrogens (tertiary/aromatic N) is 3. The number of benzene rings is 3. The quantitative estimate of drug-likeness (QED) is 0.132. The van der Waals surface area contributed by atoms with E-state index in [2.05, 4.69) is 109 Å². The van der Waals surface area contributed by atoms with Crippen molar-refractivity contribution in [2.75, 3.05) is 53.9 Å². The number of terminal acetylenes is 3. The van der Waals surface area contributed by atoms with E-state index in [9.17, 15) is 0 Å². The maximum atomic E-state index is 5.97. The molecule has 0 spiro atoms. The maximum absolute atomic E-state index is 5.97. The van der Waals surface area contributed by atoms with Gasteiger partial charge in [-0.25, -0.2) is 0 Å². The Kier molecular flexibility index (Phi) is 21.1. The zero-order chi connectivity index (χ0) is 33.5. The van der Waals surface area contributed by atoms with E-state index in [1.807, 2.05) is 19.2 Å². The van der Waals surface area contributed by atoms with Crippen molar-refractivity contribution in [3.63, 3.8) is 0 Å². The Morgan fingerprint density at radius 1 is 0.689 bits per heavy atom. The summed E-state index contributed by atoms with van der Waals surface area (Å²) in [5.41, 5.74) is 2.73. The summed E-state index contributed by atoms with van der Waals surface area (Å²) in [6, 6.07) is 27.2. The van der Waals surface area contributed by atoms with Crippen molar-refractivity contribution in [1.29, 1.82) is 0 Å². The Morgan fingerprint density at radius 3 is 1.58 bits per heavy atom. The van der Waals surface area contributed by atoms with Crippen LogP contribution in [0.2, 0.25) is 10.0 Å². The minimum atomic E-state index is 0.494. The van der Waals surface area contributed by atoms with Gasteiger partial charge in [0.05, 0.1) is 31.3 Å². The highest BCUT2D eigenvalue weighted by Gasteiger charge is 2.09. The normalized spacial score (nSPS) is 11.6. The highest BCUT2D eigenvalue weighted by Crippen LogP contribution is 2.27. The Morgan fingerprint density at radius 2 is 1.16 bits per heavy atom. The second-order valence-corrected chi connectivity index (χ2v) is 11.9. The molecule has 0 aliphatic carbocycles. The number of likely N-dealkylation sites (N-methyl/N-ethyl adjacent to an activating group) is 2. The predicted octanol–water partition coefficient (Wildman–Crippen LogP) is 7.69. The van der Waals surface area contributed by atoms with Gasteiger partial charge in [-0.15, -0.1) is 19.3 Å². The molecule has 0 saturated carbocycles. The molecule has 0 amide bonds. The van der Waals surface area contributed by atoms with E-state index in [0.717, 1.165) is 25.8 Å².